The Balaban J connectivity index is 1.89. The van der Waals surface area contributed by atoms with Crippen molar-refractivity contribution in [3.63, 3.8) is 0 Å². The van der Waals surface area contributed by atoms with Crippen LogP contribution < -0.4 is 4.74 Å². The SMILES string of the molecule is COc1cc(O)ccc1[C@@H]1c2ccc3c(ccn3C(=O)OC(C)(C)C)c2C[C@@H](C)N1CC(C)(C)F. The maximum absolute atomic E-state index is 15.0. The Bertz CT molecular complexity index is 1250. The van der Waals surface area contributed by atoms with E-state index in [-0.39, 0.29) is 24.4 Å². The summed E-state index contributed by atoms with van der Waals surface area (Å²) in [4.78, 5) is 15.0. The predicted octanol–water partition coefficient (Wildman–Crippen LogP) is 6.22. The van der Waals surface area contributed by atoms with Crippen LogP contribution in [0.4, 0.5) is 9.18 Å². The summed E-state index contributed by atoms with van der Waals surface area (Å²) < 4.78 is 27.7. The molecule has 3 aromatic rings. The van der Waals surface area contributed by atoms with Crippen molar-refractivity contribution >= 4 is 17.0 Å². The number of carbonyl (C=O) groups is 1. The van der Waals surface area contributed by atoms with E-state index in [0.717, 1.165) is 27.6 Å². The van der Waals surface area contributed by atoms with Crippen molar-refractivity contribution in [3.8, 4) is 11.5 Å². The molecule has 188 valence electrons. The van der Waals surface area contributed by atoms with Gasteiger partial charge in [0, 0.05) is 35.8 Å². The Labute approximate surface area is 206 Å². The van der Waals surface area contributed by atoms with Gasteiger partial charge in [-0.05, 0) is 83.4 Å². The number of rotatable bonds is 4. The average Bonchev–Trinajstić information content (AvgIpc) is 3.17. The lowest BCUT2D eigenvalue weighted by Gasteiger charge is -2.44. The molecule has 0 amide bonds. The Morgan fingerprint density at radius 3 is 2.43 bits per heavy atom. The van der Waals surface area contributed by atoms with Crippen LogP contribution in [0, 0.1) is 0 Å². The van der Waals surface area contributed by atoms with Crippen molar-refractivity contribution in [1.29, 1.82) is 0 Å². The Morgan fingerprint density at radius 2 is 1.80 bits per heavy atom. The number of benzene rings is 2. The van der Waals surface area contributed by atoms with Gasteiger partial charge in [-0.25, -0.2) is 9.18 Å². The van der Waals surface area contributed by atoms with Gasteiger partial charge in [-0.2, -0.15) is 0 Å². The zero-order chi connectivity index (χ0) is 25.7. The number of nitrogens with zero attached hydrogens (tertiary/aromatic N) is 2. The highest BCUT2D eigenvalue weighted by molar-refractivity contribution is 5.92. The third-order valence-corrected chi connectivity index (χ3v) is 6.37. The number of carbonyl (C=O) groups excluding carboxylic acids is 1. The molecule has 0 radical (unpaired) electrons. The molecule has 2 aromatic carbocycles. The zero-order valence-electron chi connectivity index (χ0n) is 21.6. The molecule has 1 aliphatic heterocycles. The minimum absolute atomic E-state index is 0.0245. The van der Waals surface area contributed by atoms with E-state index in [1.807, 2.05) is 45.0 Å². The average molecular weight is 483 g/mol. The molecular formula is C28H35FN2O4. The van der Waals surface area contributed by atoms with E-state index >= 15 is 0 Å². The molecule has 0 unspecified atom stereocenters. The number of hydrogen-bond donors (Lipinski definition) is 1. The molecule has 1 aromatic heterocycles. The Kier molecular flexibility index (Phi) is 6.34. The molecule has 0 saturated carbocycles. The van der Waals surface area contributed by atoms with Crippen LogP contribution in [0.3, 0.4) is 0 Å². The third-order valence-electron chi connectivity index (χ3n) is 6.37. The van der Waals surface area contributed by atoms with E-state index in [0.29, 0.717) is 12.2 Å². The molecule has 4 rings (SSSR count). The second kappa shape index (κ2) is 8.86. The van der Waals surface area contributed by atoms with Crippen molar-refractivity contribution < 1.29 is 23.8 Å². The summed E-state index contributed by atoms with van der Waals surface area (Å²) in [5.74, 6) is 0.653. The highest BCUT2D eigenvalue weighted by atomic mass is 19.1. The first-order valence-corrected chi connectivity index (χ1v) is 12.0. The first-order chi connectivity index (χ1) is 16.3. The number of fused-ring (bicyclic) bond motifs is 3. The lowest BCUT2D eigenvalue weighted by Crippen LogP contribution is -2.47. The number of phenols is 1. The van der Waals surface area contributed by atoms with Gasteiger partial charge in [0.2, 0.25) is 0 Å². The van der Waals surface area contributed by atoms with E-state index in [1.54, 1.807) is 43.9 Å². The standard InChI is InChI=1S/C28H35FN2O4/c1-17-14-22-19-12-13-30(26(33)35-27(2,3)4)23(19)11-10-20(22)25(31(17)16-28(5,6)29)21-9-8-18(32)15-24(21)34-7/h8-13,15,17,25,32H,14,16H2,1-7H3/t17-,25+/m1/s1. The minimum Gasteiger partial charge on any atom is -0.508 e. The van der Waals surface area contributed by atoms with Gasteiger partial charge in [-0.1, -0.05) is 6.07 Å². The van der Waals surface area contributed by atoms with Gasteiger partial charge in [0.1, 0.15) is 22.8 Å². The smallest absolute Gasteiger partial charge is 0.418 e. The fourth-order valence-corrected chi connectivity index (χ4v) is 5.05. The largest absolute Gasteiger partial charge is 0.508 e. The number of phenolic OH excluding ortho intramolecular Hbond substituents is 1. The van der Waals surface area contributed by atoms with Crippen LogP contribution in [0.25, 0.3) is 10.9 Å². The molecule has 0 aliphatic carbocycles. The summed E-state index contributed by atoms with van der Waals surface area (Å²) in [6.45, 7) is 11.0. The zero-order valence-corrected chi connectivity index (χ0v) is 21.6. The first kappa shape index (κ1) is 25.0. The maximum Gasteiger partial charge on any atom is 0.418 e. The maximum atomic E-state index is 15.0. The molecule has 0 bridgehead atoms. The van der Waals surface area contributed by atoms with Crippen LogP contribution in [0.15, 0.2) is 42.6 Å². The summed E-state index contributed by atoms with van der Waals surface area (Å²) in [5.41, 5.74) is 1.78. The number of aromatic nitrogens is 1. The molecule has 2 heterocycles. The van der Waals surface area contributed by atoms with Crippen molar-refractivity contribution in [2.24, 2.45) is 0 Å². The quantitative estimate of drug-likeness (QED) is 0.478. The van der Waals surface area contributed by atoms with Crippen molar-refractivity contribution in [3.05, 3.63) is 59.3 Å². The third kappa shape index (κ3) is 5.01. The molecule has 0 fully saturated rings. The molecule has 6 nitrogen and oxygen atoms in total. The molecule has 35 heavy (non-hydrogen) atoms. The second-order valence-electron chi connectivity index (χ2n) is 11.0. The van der Waals surface area contributed by atoms with Gasteiger partial charge >= 0.3 is 6.09 Å². The molecule has 7 heteroatoms. The number of hydrogen-bond acceptors (Lipinski definition) is 5. The number of ether oxygens (including phenoxy) is 2. The highest BCUT2D eigenvalue weighted by Crippen LogP contribution is 2.45. The number of methoxy groups -OCH3 is 1. The fraction of sp³-hybridized carbons (Fsp3) is 0.464. The van der Waals surface area contributed by atoms with E-state index in [1.165, 1.54) is 0 Å². The van der Waals surface area contributed by atoms with Gasteiger partial charge in [0.15, 0.2) is 0 Å². The lowest BCUT2D eigenvalue weighted by molar-refractivity contribution is 0.0544. The number of alkyl halides is 1. The summed E-state index contributed by atoms with van der Waals surface area (Å²) in [6, 6.07) is 10.7. The van der Waals surface area contributed by atoms with Crippen molar-refractivity contribution in [2.45, 2.75) is 71.3 Å². The predicted molar refractivity (Wildman–Crippen MR) is 135 cm³/mol. The fourth-order valence-electron chi connectivity index (χ4n) is 5.05. The molecular weight excluding hydrogens is 447 g/mol. The monoisotopic (exact) mass is 482 g/mol. The van der Waals surface area contributed by atoms with Gasteiger partial charge < -0.3 is 14.6 Å². The minimum atomic E-state index is -1.40. The van der Waals surface area contributed by atoms with Gasteiger partial charge in [0.05, 0.1) is 18.7 Å². The normalized spacial score (nSPS) is 19.0. The van der Waals surface area contributed by atoms with E-state index in [9.17, 15) is 14.3 Å². The summed E-state index contributed by atoms with van der Waals surface area (Å²) in [5, 5.41) is 11.0. The van der Waals surface area contributed by atoms with Crippen LogP contribution in [0.5, 0.6) is 11.5 Å². The summed E-state index contributed by atoms with van der Waals surface area (Å²) in [7, 11) is 1.57. The first-order valence-electron chi connectivity index (χ1n) is 12.0. The number of halogens is 1. The molecule has 2 atom stereocenters. The van der Waals surface area contributed by atoms with Gasteiger partial charge in [-0.15, -0.1) is 0 Å². The van der Waals surface area contributed by atoms with E-state index in [4.69, 9.17) is 9.47 Å². The van der Waals surface area contributed by atoms with Crippen LogP contribution in [-0.4, -0.2) is 51.6 Å². The molecule has 0 saturated heterocycles. The van der Waals surface area contributed by atoms with Crippen LogP contribution in [-0.2, 0) is 11.2 Å². The van der Waals surface area contributed by atoms with Gasteiger partial charge in [-0.3, -0.25) is 9.47 Å². The topological polar surface area (TPSA) is 63.9 Å². The van der Waals surface area contributed by atoms with Crippen molar-refractivity contribution in [1.82, 2.24) is 9.47 Å². The van der Waals surface area contributed by atoms with E-state index in [2.05, 4.69) is 11.8 Å². The number of aromatic hydroxyl groups is 1. The second-order valence-corrected chi connectivity index (χ2v) is 11.0. The molecule has 0 spiro atoms. The molecule has 1 N–H and O–H groups in total. The van der Waals surface area contributed by atoms with Crippen LogP contribution in [0.1, 0.15) is 64.3 Å². The van der Waals surface area contributed by atoms with Crippen LogP contribution in [0.2, 0.25) is 0 Å². The Morgan fingerprint density at radius 1 is 1.11 bits per heavy atom. The summed E-state index contributed by atoms with van der Waals surface area (Å²) in [6.07, 6.45) is 2.03. The summed E-state index contributed by atoms with van der Waals surface area (Å²) >= 11 is 0. The van der Waals surface area contributed by atoms with Crippen molar-refractivity contribution in [2.75, 3.05) is 13.7 Å². The Hall–Kier alpha value is -3.06. The van der Waals surface area contributed by atoms with Crippen LogP contribution >= 0.6 is 0 Å². The highest BCUT2D eigenvalue weighted by Gasteiger charge is 2.38. The lowest BCUT2D eigenvalue weighted by atomic mass is 9.82. The van der Waals surface area contributed by atoms with E-state index < -0.39 is 17.4 Å². The van der Waals surface area contributed by atoms with Gasteiger partial charge in [0.25, 0.3) is 0 Å². The molecule has 1 aliphatic rings.